The zero-order valence-corrected chi connectivity index (χ0v) is 16.7. The Bertz CT molecular complexity index is 1010. The van der Waals surface area contributed by atoms with E-state index in [0.29, 0.717) is 17.7 Å². The first-order valence-corrected chi connectivity index (χ1v) is 9.63. The first kappa shape index (κ1) is 17.9. The molecule has 4 rings (SSSR count). The molecule has 1 aliphatic rings. The van der Waals surface area contributed by atoms with Crippen molar-refractivity contribution in [2.75, 3.05) is 5.73 Å². The Kier molecular flexibility index (Phi) is 4.60. The number of aryl methyl sites for hydroxylation is 2. The molecule has 3 aromatic rings. The highest BCUT2D eigenvalue weighted by atomic mass is 35.5. The molecular weight excluding hydrogens is 358 g/mol. The van der Waals surface area contributed by atoms with Gasteiger partial charge in [-0.3, -0.25) is 4.68 Å². The Hall–Kier alpha value is -2.46. The van der Waals surface area contributed by atoms with E-state index < -0.39 is 0 Å². The highest BCUT2D eigenvalue weighted by Gasteiger charge is 2.26. The number of anilines is 1. The molecule has 0 radical (unpaired) electrons. The van der Waals surface area contributed by atoms with Crippen molar-refractivity contribution in [3.63, 3.8) is 0 Å². The van der Waals surface area contributed by atoms with Gasteiger partial charge in [0.25, 0.3) is 0 Å². The van der Waals surface area contributed by atoms with Gasteiger partial charge in [-0.05, 0) is 68.0 Å². The number of hydrogen-bond donors (Lipinski definition) is 1. The second-order valence-electron chi connectivity index (χ2n) is 7.35. The van der Waals surface area contributed by atoms with Gasteiger partial charge in [0, 0.05) is 29.4 Å². The lowest BCUT2D eigenvalue weighted by atomic mass is 10.0. The van der Waals surface area contributed by atoms with E-state index >= 15 is 0 Å². The van der Waals surface area contributed by atoms with Crippen LogP contribution in [0, 0.1) is 13.8 Å². The molecule has 1 aromatic heterocycles. The summed E-state index contributed by atoms with van der Waals surface area (Å²) in [6, 6.07) is 12.3. The maximum absolute atomic E-state index is 6.26. The van der Waals surface area contributed by atoms with Crippen LogP contribution < -0.4 is 10.5 Å². The molecule has 1 aliphatic carbocycles. The molecule has 0 spiro atoms. The summed E-state index contributed by atoms with van der Waals surface area (Å²) in [7, 11) is 1.85. The fourth-order valence-electron chi connectivity index (χ4n) is 3.56. The summed E-state index contributed by atoms with van der Waals surface area (Å²) >= 11 is 6.26. The first-order chi connectivity index (χ1) is 13.0. The van der Waals surface area contributed by atoms with E-state index in [0.717, 1.165) is 39.4 Å². The molecule has 1 saturated carbocycles. The molecule has 0 saturated heterocycles. The topological polar surface area (TPSA) is 53.1 Å². The molecular formula is C22H24ClN3O. The van der Waals surface area contributed by atoms with Crippen LogP contribution in [0.5, 0.6) is 5.75 Å². The normalized spacial score (nSPS) is 13.8. The Morgan fingerprint density at radius 2 is 2.00 bits per heavy atom. The van der Waals surface area contributed by atoms with Crippen molar-refractivity contribution in [3.05, 3.63) is 63.8 Å². The number of hydrogen-bond acceptors (Lipinski definition) is 3. The molecule has 5 heteroatoms. The largest absolute Gasteiger partial charge is 0.489 e. The molecule has 0 atom stereocenters. The van der Waals surface area contributed by atoms with Gasteiger partial charge in [0.1, 0.15) is 17.5 Å². The second-order valence-corrected chi connectivity index (χ2v) is 7.70. The van der Waals surface area contributed by atoms with Gasteiger partial charge in [-0.15, -0.1) is 0 Å². The summed E-state index contributed by atoms with van der Waals surface area (Å²) in [5.74, 6) is 1.51. The van der Waals surface area contributed by atoms with Gasteiger partial charge >= 0.3 is 0 Å². The van der Waals surface area contributed by atoms with E-state index in [1.54, 1.807) is 4.68 Å². The number of aromatic nitrogens is 2. The van der Waals surface area contributed by atoms with E-state index in [2.05, 4.69) is 24.2 Å². The zero-order valence-electron chi connectivity index (χ0n) is 15.9. The maximum Gasteiger partial charge on any atom is 0.130 e. The number of nitrogens with zero attached hydrogens (tertiary/aromatic N) is 2. The molecule has 0 bridgehead atoms. The number of nitrogen functional groups attached to an aromatic ring is 1. The lowest BCUT2D eigenvalue weighted by molar-refractivity contribution is 0.303. The number of ether oxygens (including phenoxy) is 1. The van der Waals surface area contributed by atoms with Crippen LogP contribution in [-0.4, -0.2) is 9.78 Å². The first-order valence-electron chi connectivity index (χ1n) is 9.26. The van der Waals surface area contributed by atoms with Gasteiger partial charge in [0.15, 0.2) is 0 Å². The van der Waals surface area contributed by atoms with Crippen molar-refractivity contribution in [2.45, 2.75) is 39.2 Å². The van der Waals surface area contributed by atoms with Crippen LogP contribution >= 0.6 is 11.6 Å². The van der Waals surface area contributed by atoms with Crippen LogP contribution in [0.25, 0.3) is 11.3 Å². The van der Waals surface area contributed by atoms with Crippen LogP contribution in [0.1, 0.15) is 41.0 Å². The highest BCUT2D eigenvalue weighted by molar-refractivity contribution is 6.30. The fraction of sp³-hybridized carbons (Fsp3) is 0.318. The van der Waals surface area contributed by atoms with E-state index in [9.17, 15) is 0 Å². The van der Waals surface area contributed by atoms with Gasteiger partial charge in [0.05, 0.1) is 5.69 Å². The molecule has 2 aromatic carbocycles. The summed E-state index contributed by atoms with van der Waals surface area (Å²) in [5.41, 5.74) is 13.5. The third kappa shape index (κ3) is 3.42. The average Bonchev–Trinajstić information content (AvgIpc) is 3.46. The quantitative estimate of drug-likeness (QED) is 0.602. The Balaban J connectivity index is 1.57. The van der Waals surface area contributed by atoms with Crippen molar-refractivity contribution < 1.29 is 4.74 Å². The fourth-order valence-corrected chi connectivity index (χ4v) is 3.69. The third-order valence-electron chi connectivity index (χ3n) is 5.28. The predicted octanol–water partition coefficient (Wildman–Crippen LogP) is 5.40. The molecule has 0 aliphatic heterocycles. The minimum atomic E-state index is 0.493. The van der Waals surface area contributed by atoms with E-state index in [4.69, 9.17) is 22.1 Å². The number of benzene rings is 2. The molecule has 1 fully saturated rings. The summed E-state index contributed by atoms with van der Waals surface area (Å²) in [6.07, 6.45) is 2.49. The van der Waals surface area contributed by atoms with E-state index in [1.807, 2.05) is 38.2 Å². The van der Waals surface area contributed by atoms with Crippen LogP contribution in [-0.2, 0) is 13.7 Å². The summed E-state index contributed by atoms with van der Waals surface area (Å²) < 4.78 is 7.84. The molecule has 27 heavy (non-hydrogen) atoms. The van der Waals surface area contributed by atoms with Crippen molar-refractivity contribution in [1.82, 2.24) is 9.78 Å². The van der Waals surface area contributed by atoms with E-state index in [1.165, 1.54) is 18.4 Å². The number of halogens is 1. The van der Waals surface area contributed by atoms with Crippen molar-refractivity contribution in [1.29, 1.82) is 0 Å². The minimum absolute atomic E-state index is 0.493. The minimum Gasteiger partial charge on any atom is -0.489 e. The summed E-state index contributed by atoms with van der Waals surface area (Å²) in [4.78, 5) is 0. The molecule has 1 heterocycles. The molecule has 4 nitrogen and oxygen atoms in total. The van der Waals surface area contributed by atoms with Crippen LogP contribution in [0.15, 0.2) is 36.4 Å². The summed E-state index contributed by atoms with van der Waals surface area (Å²) in [6.45, 7) is 4.53. The van der Waals surface area contributed by atoms with Gasteiger partial charge in [0.2, 0.25) is 0 Å². The second kappa shape index (κ2) is 6.93. The van der Waals surface area contributed by atoms with E-state index in [-0.39, 0.29) is 0 Å². The van der Waals surface area contributed by atoms with Crippen molar-refractivity contribution in [2.24, 2.45) is 7.05 Å². The molecule has 2 N–H and O–H groups in total. The highest BCUT2D eigenvalue weighted by Crippen LogP contribution is 2.43. The van der Waals surface area contributed by atoms with Gasteiger partial charge < -0.3 is 10.5 Å². The van der Waals surface area contributed by atoms with Gasteiger partial charge in [-0.2, -0.15) is 5.10 Å². The Morgan fingerprint density at radius 1 is 1.22 bits per heavy atom. The lowest BCUT2D eigenvalue weighted by Crippen LogP contribution is -2.04. The summed E-state index contributed by atoms with van der Waals surface area (Å²) in [5, 5.41) is 5.18. The zero-order chi connectivity index (χ0) is 19.1. The molecule has 140 valence electrons. The standard InChI is InChI=1S/C22H24ClN3O/c1-13-11-16(21-14(2)22(23)26(3)25-21)9-10-20(13)27-12-18-17(15-7-8-15)5-4-6-19(18)24/h4-6,9-11,15H,7-8,12,24H2,1-3H3. The van der Waals surface area contributed by atoms with Gasteiger partial charge in [-0.1, -0.05) is 23.7 Å². The monoisotopic (exact) mass is 381 g/mol. The van der Waals surface area contributed by atoms with Crippen molar-refractivity contribution in [3.8, 4) is 17.0 Å². The number of nitrogens with two attached hydrogens (primary N) is 1. The van der Waals surface area contributed by atoms with Crippen LogP contribution in [0.3, 0.4) is 0 Å². The Labute approximate surface area is 164 Å². The average molecular weight is 382 g/mol. The SMILES string of the molecule is Cc1cc(-c2nn(C)c(Cl)c2C)ccc1OCc1c(N)cccc1C1CC1. The van der Waals surface area contributed by atoms with Crippen LogP contribution in [0.2, 0.25) is 5.15 Å². The smallest absolute Gasteiger partial charge is 0.130 e. The third-order valence-corrected chi connectivity index (χ3v) is 5.81. The molecule has 0 amide bonds. The number of rotatable bonds is 5. The van der Waals surface area contributed by atoms with Crippen molar-refractivity contribution >= 4 is 17.3 Å². The Morgan fingerprint density at radius 3 is 2.63 bits per heavy atom. The van der Waals surface area contributed by atoms with Gasteiger partial charge in [-0.25, -0.2) is 0 Å². The van der Waals surface area contributed by atoms with Crippen LogP contribution in [0.4, 0.5) is 5.69 Å². The maximum atomic E-state index is 6.26. The molecule has 0 unspecified atom stereocenters. The lowest BCUT2D eigenvalue weighted by Gasteiger charge is -2.15. The predicted molar refractivity (Wildman–Crippen MR) is 110 cm³/mol.